The summed E-state index contributed by atoms with van der Waals surface area (Å²) in [5.41, 5.74) is 2.99. The normalized spacial score (nSPS) is 19.0. The molecule has 2 aromatic rings. The topological polar surface area (TPSA) is 107 Å². The van der Waals surface area contributed by atoms with Crippen molar-refractivity contribution < 1.29 is 13.2 Å². The number of nitrogens with one attached hydrogen (secondary N) is 1. The van der Waals surface area contributed by atoms with Crippen LogP contribution in [0.5, 0.6) is 0 Å². The van der Waals surface area contributed by atoms with E-state index in [0.29, 0.717) is 11.6 Å². The van der Waals surface area contributed by atoms with Crippen molar-refractivity contribution in [3.8, 4) is 5.69 Å². The highest BCUT2D eigenvalue weighted by molar-refractivity contribution is 7.99. The zero-order valence-corrected chi connectivity index (χ0v) is 15.6. The third-order valence-corrected chi connectivity index (χ3v) is 6.65. The van der Waals surface area contributed by atoms with Crippen LogP contribution in [-0.4, -0.2) is 57.8 Å². The Morgan fingerprint density at radius 3 is 2.92 bits per heavy atom. The third-order valence-electron chi connectivity index (χ3n) is 3.96. The number of amides is 1. The van der Waals surface area contributed by atoms with E-state index in [1.807, 2.05) is 32.0 Å². The Morgan fingerprint density at radius 1 is 1.40 bits per heavy atom. The van der Waals surface area contributed by atoms with Gasteiger partial charge in [0.05, 0.1) is 22.9 Å². The summed E-state index contributed by atoms with van der Waals surface area (Å²) in [4.78, 5) is 12.1. The van der Waals surface area contributed by atoms with E-state index in [0.717, 1.165) is 16.8 Å². The number of aromatic nitrogens is 4. The van der Waals surface area contributed by atoms with Crippen LogP contribution in [0.25, 0.3) is 5.69 Å². The molecule has 3 rings (SSSR count). The van der Waals surface area contributed by atoms with Crippen LogP contribution in [0.15, 0.2) is 23.4 Å². The Labute approximate surface area is 150 Å². The molecule has 0 unspecified atom stereocenters. The molecule has 1 N–H and O–H groups in total. The fourth-order valence-corrected chi connectivity index (χ4v) is 5.04. The predicted octanol–water partition coefficient (Wildman–Crippen LogP) is 0.675. The number of nitrogens with zero attached hydrogens (tertiary/aromatic N) is 4. The molecular weight excluding hydrogens is 362 g/mol. The van der Waals surface area contributed by atoms with E-state index in [9.17, 15) is 13.2 Å². The van der Waals surface area contributed by atoms with Crippen LogP contribution in [0.4, 0.5) is 0 Å². The first-order valence-electron chi connectivity index (χ1n) is 7.83. The second-order valence-corrected chi connectivity index (χ2v) is 9.29. The van der Waals surface area contributed by atoms with E-state index in [1.165, 1.54) is 11.8 Å². The maximum Gasteiger partial charge on any atom is 0.230 e. The molecule has 8 nitrogen and oxygen atoms in total. The average molecular weight is 381 g/mol. The first-order chi connectivity index (χ1) is 11.8. The number of rotatable bonds is 5. The van der Waals surface area contributed by atoms with Gasteiger partial charge in [0.1, 0.15) is 0 Å². The number of hydrogen-bond acceptors (Lipinski definition) is 7. The Balaban J connectivity index is 1.64. The fraction of sp³-hybridized carbons (Fsp3) is 0.467. The van der Waals surface area contributed by atoms with Gasteiger partial charge in [0, 0.05) is 6.04 Å². The van der Waals surface area contributed by atoms with Crippen molar-refractivity contribution in [2.75, 3.05) is 17.3 Å². The van der Waals surface area contributed by atoms with Gasteiger partial charge in [-0.05, 0) is 47.9 Å². The molecule has 0 radical (unpaired) electrons. The minimum Gasteiger partial charge on any atom is -0.352 e. The summed E-state index contributed by atoms with van der Waals surface area (Å²) in [6.45, 7) is 3.96. The summed E-state index contributed by atoms with van der Waals surface area (Å²) >= 11 is 1.22. The Bertz CT molecular complexity index is 894. The molecule has 0 bridgehead atoms. The van der Waals surface area contributed by atoms with Crippen molar-refractivity contribution in [1.82, 2.24) is 25.5 Å². The minimum atomic E-state index is -3.01. The number of benzene rings is 1. The van der Waals surface area contributed by atoms with Gasteiger partial charge in [-0.25, -0.2) is 8.42 Å². The molecule has 1 amide bonds. The quantitative estimate of drug-likeness (QED) is 0.759. The molecule has 1 aliphatic rings. The van der Waals surface area contributed by atoms with E-state index in [4.69, 9.17) is 0 Å². The van der Waals surface area contributed by atoms with E-state index in [1.54, 1.807) is 4.68 Å². The largest absolute Gasteiger partial charge is 0.352 e. The zero-order chi connectivity index (χ0) is 18.0. The summed E-state index contributed by atoms with van der Waals surface area (Å²) in [6.07, 6.45) is 0.471. The number of carbonyl (C=O) groups excluding carboxylic acids is 1. The van der Waals surface area contributed by atoms with Gasteiger partial charge < -0.3 is 5.32 Å². The van der Waals surface area contributed by atoms with Crippen LogP contribution in [0.1, 0.15) is 17.5 Å². The zero-order valence-electron chi connectivity index (χ0n) is 14.0. The number of carbonyl (C=O) groups is 1. The molecule has 0 saturated carbocycles. The molecule has 1 aromatic heterocycles. The monoisotopic (exact) mass is 381 g/mol. The molecule has 1 aromatic carbocycles. The molecule has 0 aliphatic carbocycles. The molecule has 1 atom stereocenters. The first-order valence-corrected chi connectivity index (χ1v) is 10.6. The molecule has 25 heavy (non-hydrogen) atoms. The number of thioether (sulfide) groups is 1. The first kappa shape index (κ1) is 17.9. The van der Waals surface area contributed by atoms with Crippen LogP contribution in [-0.2, 0) is 14.6 Å². The second-order valence-electron chi connectivity index (χ2n) is 6.12. The Hall–Kier alpha value is -1.94. The van der Waals surface area contributed by atoms with Crippen molar-refractivity contribution in [3.63, 3.8) is 0 Å². The maximum atomic E-state index is 12.1. The fourth-order valence-electron chi connectivity index (χ4n) is 2.68. The molecular formula is C15H19N5O3S2. The third kappa shape index (κ3) is 4.37. The number of sulfone groups is 1. The lowest BCUT2D eigenvalue weighted by Gasteiger charge is -2.11. The van der Waals surface area contributed by atoms with Crippen LogP contribution < -0.4 is 5.32 Å². The SMILES string of the molecule is Cc1ccc(C)c(-n2nnnc2SCC(=O)N[C@@H]2CCS(=O)(=O)C2)c1. The van der Waals surface area contributed by atoms with Gasteiger partial charge in [0.15, 0.2) is 9.84 Å². The van der Waals surface area contributed by atoms with Crippen molar-refractivity contribution >= 4 is 27.5 Å². The number of aryl methyl sites for hydroxylation is 2. The summed E-state index contributed by atoms with van der Waals surface area (Å²) < 4.78 is 24.5. The summed E-state index contributed by atoms with van der Waals surface area (Å²) in [5.74, 6) is 0.0594. The Morgan fingerprint density at radius 2 is 2.20 bits per heavy atom. The number of tetrazole rings is 1. The lowest BCUT2D eigenvalue weighted by atomic mass is 10.1. The van der Waals surface area contributed by atoms with Gasteiger partial charge >= 0.3 is 0 Å². The molecule has 2 heterocycles. The van der Waals surface area contributed by atoms with Gasteiger partial charge in [-0.1, -0.05) is 23.9 Å². The van der Waals surface area contributed by atoms with Crippen molar-refractivity contribution in [2.24, 2.45) is 0 Å². The lowest BCUT2D eigenvalue weighted by Crippen LogP contribution is -2.36. The van der Waals surface area contributed by atoms with E-state index >= 15 is 0 Å². The highest BCUT2D eigenvalue weighted by Crippen LogP contribution is 2.21. The van der Waals surface area contributed by atoms with Crippen LogP contribution >= 0.6 is 11.8 Å². The summed E-state index contributed by atoms with van der Waals surface area (Å²) in [7, 11) is -3.01. The van der Waals surface area contributed by atoms with Crippen LogP contribution in [0, 0.1) is 13.8 Å². The molecule has 1 aliphatic heterocycles. The molecule has 1 saturated heterocycles. The molecule has 10 heteroatoms. The van der Waals surface area contributed by atoms with Crippen molar-refractivity contribution in [1.29, 1.82) is 0 Å². The van der Waals surface area contributed by atoms with Crippen LogP contribution in [0.3, 0.4) is 0 Å². The summed E-state index contributed by atoms with van der Waals surface area (Å²) in [5, 5.41) is 15.0. The van der Waals surface area contributed by atoms with Crippen molar-refractivity contribution in [3.05, 3.63) is 29.3 Å². The van der Waals surface area contributed by atoms with Crippen molar-refractivity contribution in [2.45, 2.75) is 31.5 Å². The van der Waals surface area contributed by atoms with Gasteiger partial charge in [0.25, 0.3) is 0 Å². The Kier molecular flexibility index (Phi) is 5.09. The van der Waals surface area contributed by atoms with E-state index in [-0.39, 0.29) is 29.2 Å². The van der Waals surface area contributed by atoms with Crippen LogP contribution in [0.2, 0.25) is 0 Å². The smallest absolute Gasteiger partial charge is 0.230 e. The minimum absolute atomic E-state index is 0.0175. The maximum absolute atomic E-state index is 12.1. The predicted molar refractivity (Wildman–Crippen MR) is 94.6 cm³/mol. The standard InChI is InChI=1S/C15H19N5O3S2/c1-10-3-4-11(2)13(7-10)20-15(17-18-19-20)24-8-14(21)16-12-5-6-25(22,23)9-12/h3-4,7,12H,5-6,8-9H2,1-2H3,(H,16,21)/t12-/m1/s1. The van der Waals surface area contributed by atoms with Gasteiger partial charge in [-0.15, -0.1) is 5.10 Å². The molecule has 0 spiro atoms. The summed E-state index contributed by atoms with van der Waals surface area (Å²) in [6, 6.07) is 5.69. The molecule has 1 fully saturated rings. The highest BCUT2D eigenvalue weighted by Gasteiger charge is 2.28. The van der Waals surface area contributed by atoms with E-state index in [2.05, 4.69) is 20.8 Å². The second kappa shape index (κ2) is 7.12. The van der Waals surface area contributed by atoms with Gasteiger partial charge in [0.2, 0.25) is 11.1 Å². The van der Waals surface area contributed by atoms with Gasteiger partial charge in [-0.3, -0.25) is 4.79 Å². The highest BCUT2D eigenvalue weighted by atomic mass is 32.2. The number of hydrogen-bond donors (Lipinski definition) is 1. The van der Waals surface area contributed by atoms with Gasteiger partial charge in [-0.2, -0.15) is 4.68 Å². The van der Waals surface area contributed by atoms with E-state index < -0.39 is 9.84 Å². The lowest BCUT2D eigenvalue weighted by molar-refractivity contribution is -0.119. The average Bonchev–Trinajstić information content (AvgIpc) is 3.14. The molecule has 134 valence electrons.